The lowest BCUT2D eigenvalue weighted by Crippen LogP contribution is -2.54. The third kappa shape index (κ3) is 12.6. The molecule has 0 bridgehead atoms. The number of carbonyl (C=O) groups is 5. The van der Waals surface area contributed by atoms with E-state index in [9.17, 15) is 33.9 Å². The summed E-state index contributed by atoms with van der Waals surface area (Å²) in [5.41, 5.74) is 2.10. The second-order valence-corrected chi connectivity index (χ2v) is 18.3. The predicted octanol–water partition coefficient (Wildman–Crippen LogP) is 2.72. The maximum Gasteiger partial charge on any atom is 0.278 e. The highest BCUT2D eigenvalue weighted by molar-refractivity contribution is 6.25. The van der Waals surface area contributed by atoms with Gasteiger partial charge >= 0.3 is 0 Å². The summed E-state index contributed by atoms with van der Waals surface area (Å²) in [6, 6.07) is 17.2. The molecule has 73 heavy (non-hydrogen) atoms. The Morgan fingerprint density at radius 2 is 1.59 bits per heavy atom. The summed E-state index contributed by atoms with van der Waals surface area (Å²) in [5, 5.41) is 22.5. The number of ether oxygens (including phenoxy) is 3. The molecule has 2 aromatic carbocycles. The van der Waals surface area contributed by atoms with Crippen LogP contribution < -0.4 is 31.7 Å². The van der Waals surface area contributed by atoms with Crippen molar-refractivity contribution in [2.75, 3.05) is 101 Å². The number of pyridine rings is 1. The topological polar surface area (TPSA) is 257 Å². The molecule has 3 aliphatic rings. The van der Waals surface area contributed by atoms with Crippen LogP contribution in [0.5, 0.6) is 0 Å². The number of allylic oxidation sites excluding steroid dienone is 1. The number of carbonyl (C=O) groups excluding carboxylic acids is 5. The van der Waals surface area contributed by atoms with Crippen LogP contribution in [0.1, 0.15) is 65.9 Å². The molecule has 5 amide bonds. The van der Waals surface area contributed by atoms with Gasteiger partial charge in [0.2, 0.25) is 23.7 Å². The van der Waals surface area contributed by atoms with E-state index in [-0.39, 0.29) is 42.0 Å². The number of rotatable bonds is 25. The van der Waals surface area contributed by atoms with E-state index in [1.165, 1.54) is 10.9 Å². The largest absolute Gasteiger partial charge is 0.384 e. The number of hydrogen-bond donors (Lipinski definition) is 5. The Labute approximate surface area is 421 Å². The Morgan fingerprint density at radius 3 is 2.30 bits per heavy atom. The molecule has 22 nitrogen and oxygen atoms in total. The summed E-state index contributed by atoms with van der Waals surface area (Å²) < 4.78 is 19.9. The number of aliphatic hydroxyl groups is 1. The molecule has 1 unspecified atom stereocenters. The molecular formula is C51H62N12O10. The Bertz CT molecular complexity index is 2870. The number of nitrogens with zero attached hydrogens (tertiary/aromatic N) is 8. The Balaban J connectivity index is 0.659. The second-order valence-electron chi connectivity index (χ2n) is 18.3. The van der Waals surface area contributed by atoms with E-state index in [0.717, 1.165) is 55.4 Å². The van der Waals surface area contributed by atoms with Crippen molar-refractivity contribution in [1.82, 2.24) is 44.7 Å². The van der Waals surface area contributed by atoms with Gasteiger partial charge in [0.15, 0.2) is 11.5 Å². The molecule has 8 rings (SSSR count). The van der Waals surface area contributed by atoms with Gasteiger partial charge < -0.3 is 40.2 Å². The van der Waals surface area contributed by atoms with E-state index in [1.54, 1.807) is 61.0 Å². The normalized spacial score (nSPS) is 16.2. The summed E-state index contributed by atoms with van der Waals surface area (Å²) in [6.45, 7) is 14.5. The van der Waals surface area contributed by atoms with Crippen LogP contribution in [0.2, 0.25) is 0 Å². The number of hydrogen-bond acceptors (Lipinski definition) is 17. The van der Waals surface area contributed by atoms with Gasteiger partial charge in [-0.1, -0.05) is 18.2 Å². The molecule has 3 aliphatic heterocycles. The molecule has 0 radical (unpaired) electrons. The third-order valence-electron chi connectivity index (χ3n) is 12.6. The number of amides is 5. The van der Waals surface area contributed by atoms with Crippen LogP contribution in [-0.4, -0.2) is 160 Å². The predicted molar refractivity (Wildman–Crippen MR) is 271 cm³/mol. The highest BCUT2D eigenvalue weighted by Gasteiger charge is 2.45. The lowest BCUT2D eigenvalue weighted by molar-refractivity contribution is -0.136. The van der Waals surface area contributed by atoms with Crippen LogP contribution in [0.4, 0.5) is 23.0 Å². The quantitative estimate of drug-likeness (QED) is 0.0320. The van der Waals surface area contributed by atoms with E-state index >= 15 is 0 Å². The fourth-order valence-electron chi connectivity index (χ4n) is 8.88. The third-order valence-corrected chi connectivity index (χ3v) is 12.6. The number of nitrogens with one attached hydrogen (secondary N) is 4. The summed E-state index contributed by atoms with van der Waals surface area (Å²) >= 11 is 0. The molecule has 22 heteroatoms. The number of imide groups is 2. The van der Waals surface area contributed by atoms with Crippen molar-refractivity contribution in [1.29, 1.82) is 0 Å². The van der Waals surface area contributed by atoms with Gasteiger partial charge in [0, 0.05) is 75.4 Å². The number of piperidine rings is 1. The molecule has 1 atom stereocenters. The number of benzene rings is 2. The number of anilines is 4. The summed E-state index contributed by atoms with van der Waals surface area (Å²) in [5.74, 6) is -1.48. The average molecular weight is 1000 g/mol. The van der Waals surface area contributed by atoms with E-state index in [0.29, 0.717) is 93.3 Å². The molecule has 2 fully saturated rings. The number of aromatic nitrogens is 5. The molecule has 0 spiro atoms. The smallest absolute Gasteiger partial charge is 0.278 e. The molecule has 3 aromatic heterocycles. The zero-order valence-corrected chi connectivity index (χ0v) is 41.1. The fourth-order valence-corrected chi connectivity index (χ4v) is 8.88. The van der Waals surface area contributed by atoms with E-state index < -0.39 is 35.3 Å². The first kappa shape index (κ1) is 52.0. The van der Waals surface area contributed by atoms with Gasteiger partial charge in [0.05, 0.1) is 63.0 Å². The summed E-state index contributed by atoms with van der Waals surface area (Å²) in [6.07, 6.45) is 4.46. The second kappa shape index (κ2) is 23.9. The Kier molecular flexibility index (Phi) is 17.0. The van der Waals surface area contributed by atoms with Crippen molar-refractivity contribution >= 4 is 63.6 Å². The van der Waals surface area contributed by atoms with Crippen LogP contribution in [0.25, 0.3) is 16.9 Å². The Morgan fingerprint density at radius 1 is 0.877 bits per heavy atom. The zero-order valence-electron chi connectivity index (χ0n) is 41.1. The Hall–Kier alpha value is -7.37. The van der Waals surface area contributed by atoms with Gasteiger partial charge in [-0.3, -0.25) is 43.9 Å². The van der Waals surface area contributed by atoms with Crippen molar-refractivity contribution < 1.29 is 43.3 Å². The van der Waals surface area contributed by atoms with Crippen molar-refractivity contribution in [3.05, 3.63) is 107 Å². The van der Waals surface area contributed by atoms with Crippen LogP contribution in [-0.2, 0) is 40.7 Å². The van der Waals surface area contributed by atoms with Crippen molar-refractivity contribution in [3.63, 3.8) is 0 Å². The average Bonchev–Trinajstić information content (AvgIpc) is 3.80. The molecule has 0 saturated carbocycles. The lowest BCUT2D eigenvalue weighted by Gasteiger charge is -2.36. The maximum absolute atomic E-state index is 13.4. The zero-order chi connectivity index (χ0) is 51.5. The minimum Gasteiger partial charge on any atom is -0.384 e. The van der Waals surface area contributed by atoms with Crippen LogP contribution >= 0.6 is 0 Å². The number of fused-ring (bicyclic) bond motifs is 2. The summed E-state index contributed by atoms with van der Waals surface area (Å²) in [4.78, 5) is 95.6. The minimum absolute atomic E-state index is 0.00973. The fraction of sp³-hybridized carbons (Fsp3) is 0.431. The van der Waals surface area contributed by atoms with E-state index in [4.69, 9.17) is 19.2 Å². The van der Waals surface area contributed by atoms with E-state index in [2.05, 4.69) is 59.7 Å². The van der Waals surface area contributed by atoms with Gasteiger partial charge in [-0.15, -0.1) is 6.58 Å². The highest BCUT2D eigenvalue weighted by Crippen LogP contribution is 2.32. The van der Waals surface area contributed by atoms with Crippen LogP contribution in [0, 0.1) is 0 Å². The highest BCUT2D eigenvalue weighted by atomic mass is 16.5. The molecule has 5 N–H and O–H groups in total. The lowest BCUT2D eigenvalue weighted by atomic mass is 10.0. The SMILES string of the molecule is C=CCn1c(=O)c2cnc(Nc3ccc(N4CCN(CCCC(=O)NCCOCCOCCOCCNc5cccc6c5C(=O)N(C5CCC(=O)NC5=O)C6=O)CC4)cc3)nc2n1-c1cccc(C(C)(C)O)n1. The van der Waals surface area contributed by atoms with Gasteiger partial charge in [-0.25, -0.2) is 19.3 Å². The summed E-state index contributed by atoms with van der Waals surface area (Å²) in [7, 11) is 0. The first-order chi connectivity index (χ1) is 35.3. The van der Waals surface area contributed by atoms with E-state index in [1.807, 2.05) is 12.1 Å². The molecule has 386 valence electrons. The first-order valence-electron chi connectivity index (χ1n) is 24.5. The number of piperazine rings is 1. The van der Waals surface area contributed by atoms with Crippen molar-refractivity contribution in [3.8, 4) is 5.82 Å². The monoisotopic (exact) mass is 1000 g/mol. The van der Waals surface area contributed by atoms with Crippen LogP contribution in [0.3, 0.4) is 0 Å². The van der Waals surface area contributed by atoms with Crippen molar-refractivity contribution in [2.24, 2.45) is 0 Å². The van der Waals surface area contributed by atoms with Gasteiger partial charge in [-0.05, 0) is 81.8 Å². The van der Waals surface area contributed by atoms with Crippen molar-refractivity contribution in [2.45, 2.75) is 57.7 Å². The molecule has 2 saturated heterocycles. The maximum atomic E-state index is 13.4. The van der Waals surface area contributed by atoms with Crippen LogP contribution in [0.15, 0.2) is 84.3 Å². The standard InChI is InChI=1S/C51H62N12O10/c1-4-21-61-47(67)37-33-54-50(58-45(37)63(61)41-11-6-10-40(56-41)51(2,3)70)55-34-13-15-35(16-14-34)60-25-23-59(24-26-60)22-7-12-42(64)53-20-28-72-30-32-73-31-29-71-27-19-52-38-9-5-8-36-44(38)49(69)62(48(36)68)39-17-18-43(65)57-46(39)66/h4-6,8-11,13-16,33,39,52,70H,1,7,12,17-32H2,2-3H3,(H,53,64)(H,54,55,58)(H,57,65,66). The molecule has 6 heterocycles. The van der Waals surface area contributed by atoms with Gasteiger partial charge in [0.25, 0.3) is 17.4 Å². The van der Waals surface area contributed by atoms with Gasteiger partial charge in [-0.2, -0.15) is 4.98 Å². The molecular weight excluding hydrogens is 941 g/mol. The molecule has 0 aliphatic carbocycles. The minimum atomic E-state index is -1.19. The first-order valence-corrected chi connectivity index (χ1v) is 24.5. The molecule has 5 aromatic rings. The van der Waals surface area contributed by atoms with Gasteiger partial charge in [0.1, 0.15) is 17.0 Å².